The molecule has 1 saturated heterocycles. The van der Waals surface area contributed by atoms with Gasteiger partial charge in [-0.15, -0.1) is 0 Å². The van der Waals surface area contributed by atoms with Gasteiger partial charge in [0.15, 0.2) is 5.82 Å². The summed E-state index contributed by atoms with van der Waals surface area (Å²) in [5.41, 5.74) is 0.463. The van der Waals surface area contributed by atoms with E-state index in [-0.39, 0.29) is 12.1 Å². The molecule has 2 aromatic heterocycles. The van der Waals surface area contributed by atoms with Crippen LogP contribution in [0.5, 0.6) is 0 Å². The van der Waals surface area contributed by atoms with Gasteiger partial charge < -0.3 is 10.2 Å². The van der Waals surface area contributed by atoms with Crippen LogP contribution in [0.1, 0.15) is 22.0 Å². The molecule has 4 rings (SSSR count). The Morgan fingerprint density at radius 3 is 2.78 bits per heavy atom. The highest BCUT2D eigenvalue weighted by molar-refractivity contribution is 5.98. The molecule has 1 aliphatic heterocycles. The van der Waals surface area contributed by atoms with E-state index in [2.05, 4.69) is 20.4 Å². The molecule has 1 aliphatic rings. The van der Waals surface area contributed by atoms with Gasteiger partial charge in [-0.25, -0.2) is 19.0 Å². The zero-order valence-electron chi connectivity index (χ0n) is 14.1. The minimum atomic E-state index is -1.03. The summed E-state index contributed by atoms with van der Waals surface area (Å²) in [7, 11) is 0. The number of pyridine rings is 1. The molecule has 0 spiro atoms. The highest BCUT2D eigenvalue weighted by atomic mass is 19.1. The maximum Gasteiger partial charge on any atom is 0.256 e. The van der Waals surface area contributed by atoms with Crippen molar-refractivity contribution in [2.24, 2.45) is 0 Å². The van der Waals surface area contributed by atoms with Crippen molar-refractivity contribution in [2.45, 2.75) is 6.04 Å². The number of hydrogen-bond acceptors (Lipinski definition) is 5. The van der Waals surface area contributed by atoms with Crippen LogP contribution in [0.15, 0.2) is 55.2 Å². The summed E-state index contributed by atoms with van der Waals surface area (Å²) in [6, 6.07) is 8.16. The fraction of sp³-hybridized carbons (Fsp3) is 0.167. The molecule has 0 radical (unpaired) electrons. The average Bonchev–Trinajstić information content (AvgIpc) is 3.23. The number of carbonyl (C=O) groups excluding carboxylic acids is 2. The normalized spacial score (nSPS) is 16.9. The van der Waals surface area contributed by atoms with Gasteiger partial charge in [-0.1, -0.05) is 18.2 Å². The summed E-state index contributed by atoms with van der Waals surface area (Å²) in [6.45, 7) is 0.578. The largest absolute Gasteiger partial charge is 0.352 e. The zero-order valence-corrected chi connectivity index (χ0v) is 14.1. The number of benzene rings is 1. The van der Waals surface area contributed by atoms with Crippen LogP contribution in [-0.4, -0.2) is 49.6 Å². The van der Waals surface area contributed by atoms with Crippen LogP contribution >= 0.6 is 0 Å². The van der Waals surface area contributed by atoms with Crippen molar-refractivity contribution >= 4 is 11.8 Å². The molecule has 1 N–H and O–H groups in total. The maximum absolute atomic E-state index is 14.3. The van der Waals surface area contributed by atoms with Gasteiger partial charge in [-0.3, -0.25) is 9.59 Å². The maximum atomic E-state index is 14.3. The molecule has 1 unspecified atom stereocenters. The first-order chi connectivity index (χ1) is 13.1. The Morgan fingerprint density at radius 1 is 1.22 bits per heavy atom. The Labute approximate surface area is 153 Å². The lowest BCUT2D eigenvalue weighted by Crippen LogP contribution is -2.52. The summed E-state index contributed by atoms with van der Waals surface area (Å²) >= 11 is 0. The minimum Gasteiger partial charge on any atom is -0.352 e. The van der Waals surface area contributed by atoms with Gasteiger partial charge in [-0.05, 0) is 18.2 Å². The van der Waals surface area contributed by atoms with Gasteiger partial charge in [0, 0.05) is 24.8 Å². The monoisotopic (exact) mass is 366 g/mol. The van der Waals surface area contributed by atoms with Crippen LogP contribution in [0.3, 0.4) is 0 Å². The number of rotatable bonds is 3. The molecule has 0 aliphatic carbocycles. The average molecular weight is 366 g/mol. The minimum absolute atomic E-state index is 0.162. The predicted octanol–water partition coefficient (Wildman–Crippen LogP) is 1.11. The Hall–Kier alpha value is -3.62. The lowest BCUT2D eigenvalue weighted by Gasteiger charge is -2.35. The number of halogens is 1. The first kappa shape index (κ1) is 16.8. The molecule has 3 heterocycles. The van der Waals surface area contributed by atoms with E-state index >= 15 is 0 Å². The predicted molar refractivity (Wildman–Crippen MR) is 92.3 cm³/mol. The smallest absolute Gasteiger partial charge is 0.256 e. The number of carbonyl (C=O) groups is 2. The Bertz CT molecular complexity index is 974. The van der Waals surface area contributed by atoms with Crippen molar-refractivity contribution in [3.05, 3.63) is 72.2 Å². The van der Waals surface area contributed by atoms with E-state index in [0.29, 0.717) is 17.9 Å². The van der Waals surface area contributed by atoms with E-state index in [1.807, 2.05) is 0 Å². The number of hydrogen-bond donors (Lipinski definition) is 1. The second-order valence-corrected chi connectivity index (χ2v) is 5.96. The summed E-state index contributed by atoms with van der Waals surface area (Å²) in [6.07, 6.45) is 4.28. The highest BCUT2D eigenvalue weighted by Crippen LogP contribution is 2.27. The van der Waals surface area contributed by atoms with Crippen LogP contribution in [-0.2, 0) is 4.79 Å². The molecule has 8 nitrogen and oxygen atoms in total. The first-order valence-corrected chi connectivity index (χ1v) is 8.29. The number of nitrogens with one attached hydrogen (secondary N) is 1. The van der Waals surface area contributed by atoms with Crippen molar-refractivity contribution in [3.63, 3.8) is 0 Å². The summed E-state index contributed by atoms with van der Waals surface area (Å²) in [5, 5.41) is 6.66. The van der Waals surface area contributed by atoms with Crippen LogP contribution in [0.25, 0.3) is 5.82 Å². The molecule has 1 fully saturated rings. The summed E-state index contributed by atoms with van der Waals surface area (Å²) < 4.78 is 15.7. The Morgan fingerprint density at radius 2 is 2.07 bits per heavy atom. The highest BCUT2D eigenvalue weighted by Gasteiger charge is 2.36. The van der Waals surface area contributed by atoms with E-state index in [9.17, 15) is 14.0 Å². The molecule has 2 amide bonds. The van der Waals surface area contributed by atoms with Gasteiger partial charge in [0.05, 0.1) is 5.56 Å². The fourth-order valence-electron chi connectivity index (χ4n) is 3.03. The van der Waals surface area contributed by atoms with Gasteiger partial charge in [0.2, 0.25) is 5.91 Å². The topological polar surface area (TPSA) is 93.0 Å². The second-order valence-electron chi connectivity index (χ2n) is 5.96. The quantitative estimate of drug-likeness (QED) is 0.750. The second kappa shape index (κ2) is 6.94. The van der Waals surface area contributed by atoms with Crippen LogP contribution in [0.2, 0.25) is 0 Å². The van der Waals surface area contributed by atoms with Gasteiger partial charge in [-0.2, -0.15) is 5.10 Å². The van der Waals surface area contributed by atoms with E-state index in [1.165, 1.54) is 40.6 Å². The third-order valence-electron chi connectivity index (χ3n) is 4.32. The number of amides is 2. The molecular formula is C18H15FN6O2. The van der Waals surface area contributed by atoms with Crippen molar-refractivity contribution < 1.29 is 14.0 Å². The Balaban J connectivity index is 1.64. The van der Waals surface area contributed by atoms with Crippen molar-refractivity contribution in [1.29, 1.82) is 0 Å². The molecular weight excluding hydrogens is 351 g/mol. The van der Waals surface area contributed by atoms with Crippen molar-refractivity contribution in [2.75, 3.05) is 13.1 Å². The number of nitrogens with zero attached hydrogens (tertiary/aromatic N) is 5. The van der Waals surface area contributed by atoms with Crippen LogP contribution < -0.4 is 5.32 Å². The molecule has 1 atom stereocenters. The van der Waals surface area contributed by atoms with Crippen molar-refractivity contribution in [1.82, 2.24) is 30.0 Å². The van der Waals surface area contributed by atoms with E-state index in [1.54, 1.807) is 24.3 Å². The van der Waals surface area contributed by atoms with Gasteiger partial charge in [0.1, 0.15) is 24.5 Å². The van der Waals surface area contributed by atoms with E-state index < -0.39 is 23.7 Å². The van der Waals surface area contributed by atoms with Gasteiger partial charge >= 0.3 is 0 Å². The standard InChI is InChI=1S/C18H15FN6O2/c19-14-4-2-1-3-13(14)16-17(26)21-7-8-24(16)18(27)12-5-6-15(22-9-12)25-11-20-10-23-25/h1-6,9-11,16H,7-8H2,(H,21,26). The Kier molecular flexibility index (Phi) is 4.33. The summed E-state index contributed by atoms with van der Waals surface area (Å²) in [4.78, 5) is 34.8. The SMILES string of the molecule is O=C1NCCN(C(=O)c2ccc(-n3cncn3)nc2)C1c1ccccc1F. The molecule has 1 aromatic carbocycles. The van der Waals surface area contributed by atoms with Crippen LogP contribution in [0.4, 0.5) is 4.39 Å². The first-order valence-electron chi connectivity index (χ1n) is 8.29. The van der Waals surface area contributed by atoms with Gasteiger partial charge in [0.25, 0.3) is 5.91 Å². The molecule has 0 bridgehead atoms. The fourth-order valence-corrected chi connectivity index (χ4v) is 3.03. The number of aromatic nitrogens is 4. The molecule has 9 heteroatoms. The molecule has 3 aromatic rings. The molecule has 27 heavy (non-hydrogen) atoms. The third-order valence-corrected chi connectivity index (χ3v) is 4.32. The van der Waals surface area contributed by atoms with Crippen LogP contribution in [0, 0.1) is 5.82 Å². The van der Waals surface area contributed by atoms with E-state index in [0.717, 1.165) is 0 Å². The lowest BCUT2D eigenvalue weighted by atomic mass is 10.0. The summed E-state index contributed by atoms with van der Waals surface area (Å²) in [5.74, 6) is -0.828. The lowest BCUT2D eigenvalue weighted by molar-refractivity contribution is -0.128. The zero-order chi connectivity index (χ0) is 18.8. The number of piperazine rings is 1. The van der Waals surface area contributed by atoms with Crippen molar-refractivity contribution in [3.8, 4) is 5.82 Å². The van der Waals surface area contributed by atoms with E-state index in [4.69, 9.17) is 0 Å². The molecule has 0 saturated carbocycles. The molecule has 136 valence electrons. The third kappa shape index (κ3) is 3.14.